The maximum absolute atomic E-state index is 11.1. The average Bonchev–Trinajstić information content (AvgIpc) is 2.95. The Morgan fingerprint density at radius 2 is 2.05 bits per heavy atom. The fourth-order valence-corrected chi connectivity index (χ4v) is 1.81. The number of ether oxygens (including phenoxy) is 3. The summed E-state index contributed by atoms with van der Waals surface area (Å²) in [6, 6.07) is 5.35. The lowest BCUT2D eigenvalue weighted by atomic mass is 10.2. The fourth-order valence-electron chi connectivity index (χ4n) is 1.81. The van der Waals surface area contributed by atoms with E-state index in [9.17, 15) is 4.79 Å². The smallest absolute Gasteiger partial charge is 0.315 e. The maximum atomic E-state index is 11.1. The Kier molecular flexibility index (Phi) is 3.24. The number of hydrogen-bond acceptors (Lipinski definition) is 7. The molecule has 0 saturated heterocycles. The minimum Gasteiger partial charge on any atom is -0.486 e. The molecule has 0 spiro atoms. The first kappa shape index (κ1) is 12.5. The lowest BCUT2D eigenvalue weighted by Crippen LogP contribution is -2.15. The molecule has 0 saturated carbocycles. The van der Waals surface area contributed by atoms with Crippen LogP contribution in [-0.2, 0) is 16.0 Å². The van der Waals surface area contributed by atoms with Crippen LogP contribution in [0.3, 0.4) is 0 Å². The molecule has 0 unspecified atom stereocenters. The van der Waals surface area contributed by atoms with Gasteiger partial charge in [0.1, 0.15) is 19.6 Å². The predicted octanol–water partition coefficient (Wildman–Crippen LogP) is 1.22. The minimum absolute atomic E-state index is 0.0476. The number of nitrogens with zero attached hydrogens (tertiary/aromatic N) is 2. The lowest BCUT2D eigenvalue weighted by molar-refractivity contribution is -0.140. The zero-order valence-electron chi connectivity index (χ0n) is 10.8. The highest BCUT2D eigenvalue weighted by Crippen LogP contribution is 2.34. The average molecular weight is 276 g/mol. The van der Waals surface area contributed by atoms with E-state index in [1.807, 2.05) is 0 Å². The summed E-state index contributed by atoms with van der Waals surface area (Å²) in [6.07, 6.45) is -0.0476. The van der Waals surface area contributed by atoms with Gasteiger partial charge in [-0.3, -0.25) is 4.79 Å². The van der Waals surface area contributed by atoms with E-state index in [0.717, 1.165) is 0 Å². The molecule has 104 valence electrons. The van der Waals surface area contributed by atoms with Crippen molar-refractivity contribution < 1.29 is 23.4 Å². The van der Waals surface area contributed by atoms with E-state index >= 15 is 0 Å². The number of hydrogen-bond donors (Lipinski definition) is 0. The second-order valence-electron chi connectivity index (χ2n) is 4.11. The third kappa shape index (κ3) is 2.42. The summed E-state index contributed by atoms with van der Waals surface area (Å²) in [7, 11) is 1.31. The van der Waals surface area contributed by atoms with Gasteiger partial charge in [-0.25, -0.2) is 0 Å². The van der Waals surface area contributed by atoms with E-state index in [1.165, 1.54) is 7.11 Å². The number of rotatable bonds is 3. The normalized spacial score (nSPS) is 13.1. The van der Waals surface area contributed by atoms with Gasteiger partial charge in [-0.15, -0.1) is 10.2 Å². The Morgan fingerprint density at radius 3 is 2.85 bits per heavy atom. The van der Waals surface area contributed by atoms with Crippen LogP contribution in [0.4, 0.5) is 0 Å². The van der Waals surface area contributed by atoms with Gasteiger partial charge in [0.2, 0.25) is 11.8 Å². The highest BCUT2D eigenvalue weighted by atomic mass is 16.6. The Labute approximate surface area is 114 Å². The molecule has 0 amide bonds. The van der Waals surface area contributed by atoms with E-state index in [4.69, 9.17) is 13.9 Å². The molecular weight excluding hydrogens is 264 g/mol. The maximum Gasteiger partial charge on any atom is 0.315 e. The van der Waals surface area contributed by atoms with Crippen molar-refractivity contribution in [3.8, 4) is 23.0 Å². The Morgan fingerprint density at radius 1 is 1.25 bits per heavy atom. The van der Waals surface area contributed by atoms with Crippen molar-refractivity contribution in [1.29, 1.82) is 0 Å². The van der Waals surface area contributed by atoms with Crippen LogP contribution in [0.1, 0.15) is 5.89 Å². The molecule has 1 aliphatic heterocycles. The number of benzene rings is 1. The van der Waals surface area contributed by atoms with Crippen molar-refractivity contribution in [2.75, 3.05) is 20.3 Å². The van der Waals surface area contributed by atoms with Crippen LogP contribution in [0.25, 0.3) is 11.5 Å². The van der Waals surface area contributed by atoms with Crippen LogP contribution in [0.15, 0.2) is 22.6 Å². The van der Waals surface area contributed by atoms with Gasteiger partial charge in [0, 0.05) is 5.56 Å². The van der Waals surface area contributed by atoms with Gasteiger partial charge in [0.15, 0.2) is 11.5 Å². The molecule has 1 aromatic heterocycles. The number of fused-ring (bicyclic) bond motifs is 1. The molecule has 2 heterocycles. The molecule has 0 bridgehead atoms. The molecule has 0 fully saturated rings. The largest absolute Gasteiger partial charge is 0.486 e. The van der Waals surface area contributed by atoms with E-state index in [2.05, 4.69) is 14.9 Å². The van der Waals surface area contributed by atoms with Gasteiger partial charge in [-0.2, -0.15) is 0 Å². The molecule has 3 rings (SSSR count). The highest BCUT2D eigenvalue weighted by Gasteiger charge is 2.16. The van der Waals surface area contributed by atoms with Crippen molar-refractivity contribution in [3.05, 3.63) is 24.1 Å². The first-order chi connectivity index (χ1) is 9.76. The van der Waals surface area contributed by atoms with Crippen molar-refractivity contribution in [3.63, 3.8) is 0 Å². The molecule has 7 nitrogen and oxygen atoms in total. The highest BCUT2D eigenvalue weighted by molar-refractivity contribution is 5.71. The minimum atomic E-state index is -0.428. The van der Waals surface area contributed by atoms with Gasteiger partial charge in [-0.05, 0) is 18.2 Å². The van der Waals surface area contributed by atoms with Crippen LogP contribution >= 0.6 is 0 Å². The number of carbonyl (C=O) groups is 1. The Bertz CT molecular complexity index is 637. The second kappa shape index (κ2) is 5.20. The van der Waals surface area contributed by atoms with Crippen LogP contribution in [-0.4, -0.2) is 36.5 Å². The third-order valence-corrected chi connectivity index (χ3v) is 2.78. The fraction of sp³-hybridized carbons (Fsp3) is 0.308. The van der Waals surface area contributed by atoms with E-state index in [-0.39, 0.29) is 12.3 Å². The first-order valence-electron chi connectivity index (χ1n) is 6.05. The molecule has 2 aromatic rings. The quantitative estimate of drug-likeness (QED) is 0.779. The van der Waals surface area contributed by atoms with Crippen LogP contribution in [0, 0.1) is 0 Å². The predicted molar refractivity (Wildman–Crippen MR) is 66.4 cm³/mol. The molecular formula is C13H12N2O5. The third-order valence-electron chi connectivity index (χ3n) is 2.78. The molecule has 20 heavy (non-hydrogen) atoms. The molecule has 7 heteroatoms. The summed E-state index contributed by atoms with van der Waals surface area (Å²) in [5.41, 5.74) is 0.706. The second-order valence-corrected chi connectivity index (χ2v) is 4.11. The molecule has 0 aliphatic carbocycles. The van der Waals surface area contributed by atoms with Crippen LogP contribution in [0.2, 0.25) is 0 Å². The van der Waals surface area contributed by atoms with Crippen molar-refractivity contribution in [2.24, 2.45) is 0 Å². The number of methoxy groups -OCH3 is 1. The number of esters is 1. The summed E-state index contributed by atoms with van der Waals surface area (Å²) in [4.78, 5) is 11.1. The van der Waals surface area contributed by atoms with Gasteiger partial charge >= 0.3 is 5.97 Å². The van der Waals surface area contributed by atoms with Crippen molar-refractivity contribution in [1.82, 2.24) is 10.2 Å². The van der Waals surface area contributed by atoms with Gasteiger partial charge in [-0.1, -0.05) is 0 Å². The van der Waals surface area contributed by atoms with Crippen molar-refractivity contribution in [2.45, 2.75) is 6.42 Å². The van der Waals surface area contributed by atoms with Gasteiger partial charge in [0.05, 0.1) is 7.11 Å². The van der Waals surface area contributed by atoms with Crippen LogP contribution in [0.5, 0.6) is 11.5 Å². The summed E-state index contributed by atoms with van der Waals surface area (Å²) >= 11 is 0. The number of carbonyl (C=O) groups excluding carboxylic acids is 1. The molecule has 0 N–H and O–H groups in total. The van der Waals surface area contributed by atoms with Crippen molar-refractivity contribution >= 4 is 5.97 Å². The number of aromatic nitrogens is 2. The van der Waals surface area contributed by atoms with Gasteiger partial charge < -0.3 is 18.6 Å². The summed E-state index contributed by atoms with van der Waals surface area (Å²) in [5.74, 6) is 1.43. The molecule has 0 atom stereocenters. The summed E-state index contributed by atoms with van der Waals surface area (Å²) < 4.78 is 20.9. The molecule has 0 radical (unpaired) electrons. The van der Waals surface area contributed by atoms with Gasteiger partial charge in [0.25, 0.3) is 0 Å². The summed E-state index contributed by atoms with van der Waals surface area (Å²) in [6.45, 7) is 1.05. The summed E-state index contributed by atoms with van der Waals surface area (Å²) in [5, 5.41) is 7.70. The van der Waals surface area contributed by atoms with E-state index < -0.39 is 5.97 Å². The Hall–Kier alpha value is -2.57. The topological polar surface area (TPSA) is 83.7 Å². The van der Waals surface area contributed by atoms with Crippen LogP contribution < -0.4 is 9.47 Å². The molecule has 1 aromatic carbocycles. The zero-order valence-corrected chi connectivity index (χ0v) is 10.8. The SMILES string of the molecule is COC(=O)Cc1nnc(-c2ccc3c(c2)OCCO3)o1. The van der Waals surface area contributed by atoms with E-state index in [1.54, 1.807) is 18.2 Å². The Balaban J connectivity index is 1.84. The first-order valence-corrected chi connectivity index (χ1v) is 6.05. The standard InChI is InChI=1S/C13H12N2O5/c1-17-12(16)7-11-14-15-13(20-11)8-2-3-9-10(6-8)19-5-4-18-9/h2-3,6H,4-5,7H2,1H3. The zero-order chi connectivity index (χ0) is 13.9. The lowest BCUT2D eigenvalue weighted by Gasteiger charge is -2.18. The monoisotopic (exact) mass is 276 g/mol. The van der Waals surface area contributed by atoms with E-state index in [0.29, 0.717) is 36.2 Å². The molecule has 1 aliphatic rings.